The quantitative estimate of drug-likeness (QED) is 0.734. The van der Waals surface area contributed by atoms with Gasteiger partial charge in [0.15, 0.2) is 0 Å². The Morgan fingerprint density at radius 1 is 1.42 bits per heavy atom. The Labute approximate surface area is 120 Å². The molecule has 4 heteroatoms. The minimum Gasteiger partial charge on any atom is -0.383 e. The van der Waals surface area contributed by atoms with Gasteiger partial charge in [-0.2, -0.15) is 0 Å². The van der Waals surface area contributed by atoms with Gasteiger partial charge in [-0.3, -0.25) is 0 Å². The second-order valence-corrected chi connectivity index (χ2v) is 5.23. The summed E-state index contributed by atoms with van der Waals surface area (Å²) in [4.78, 5) is 0. The minimum atomic E-state index is -0.216. The molecule has 2 atom stereocenters. The fourth-order valence-corrected chi connectivity index (χ4v) is 2.47. The summed E-state index contributed by atoms with van der Waals surface area (Å²) in [6, 6.07) is 4.88. The van der Waals surface area contributed by atoms with Crippen LogP contribution in [0.4, 0.5) is 4.39 Å². The first-order valence-corrected chi connectivity index (χ1v) is 7.13. The first kappa shape index (κ1) is 16.4. The van der Waals surface area contributed by atoms with Crippen LogP contribution < -0.4 is 5.32 Å². The highest BCUT2D eigenvalue weighted by molar-refractivity contribution is 6.31. The van der Waals surface area contributed by atoms with E-state index in [1.165, 1.54) is 6.07 Å². The van der Waals surface area contributed by atoms with Crippen LogP contribution in [0.2, 0.25) is 5.02 Å². The number of hydrogen-bond acceptors (Lipinski definition) is 2. The molecule has 0 amide bonds. The lowest BCUT2D eigenvalue weighted by molar-refractivity contribution is 0.198. The van der Waals surface area contributed by atoms with Crippen LogP contribution in [0.15, 0.2) is 18.2 Å². The average molecular weight is 288 g/mol. The lowest BCUT2D eigenvalue weighted by Gasteiger charge is -2.25. The molecule has 0 aliphatic heterocycles. The van der Waals surface area contributed by atoms with Gasteiger partial charge in [0.2, 0.25) is 0 Å². The van der Waals surface area contributed by atoms with E-state index in [1.54, 1.807) is 19.2 Å². The number of hydrogen-bond donors (Lipinski definition) is 1. The van der Waals surface area contributed by atoms with Gasteiger partial charge in [0, 0.05) is 36.7 Å². The highest BCUT2D eigenvalue weighted by Gasteiger charge is 2.23. The van der Waals surface area contributed by atoms with Crippen molar-refractivity contribution in [3.63, 3.8) is 0 Å². The van der Waals surface area contributed by atoms with Crippen molar-refractivity contribution in [2.75, 3.05) is 26.8 Å². The third-order valence-corrected chi connectivity index (χ3v) is 3.88. The summed E-state index contributed by atoms with van der Waals surface area (Å²) in [6.07, 6.45) is 0.987. The summed E-state index contributed by atoms with van der Waals surface area (Å²) in [6.45, 7) is 6.36. The van der Waals surface area contributed by atoms with Crippen LogP contribution in [0.5, 0.6) is 0 Å². The molecule has 1 N–H and O–H groups in total. The van der Waals surface area contributed by atoms with Crippen LogP contribution in [0.25, 0.3) is 0 Å². The van der Waals surface area contributed by atoms with E-state index in [2.05, 4.69) is 19.2 Å². The van der Waals surface area contributed by atoms with E-state index in [4.69, 9.17) is 16.3 Å². The van der Waals surface area contributed by atoms with Gasteiger partial charge < -0.3 is 10.1 Å². The highest BCUT2D eigenvalue weighted by Crippen LogP contribution is 2.33. The molecular weight excluding hydrogens is 265 g/mol. The summed E-state index contributed by atoms with van der Waals surface area (Å²) < 4.78 is 19.0. The fraction of sp³-hybridized carbons (Fsp3) is 0.600. The predicted octanol–water partition coefficient (Wildman–Crippen LogP) is 3.84. The summed E-state index contributed by atoms with van der Waals surface area (Å²) in [5, 5.41) is 3.82. The van der Waals surface area contributed by atoms with Crippen molar-refractivity contribution in [1.82, 2.24) is 5.32 Å². The van der Waals surface area contributed by atoms with Gasteiger partial charge in [0.25, 0.3) is 0 Å². The lowest BCUT2D eigenvalue weighted by Crippen LogP contribution is -2.29. The zero-order valence-electron chi connectivity index (χ0n) is 11.9. The van der Waals surface area contributed by atoms with Crippen LogP contribution in [-0.2, 0) is 4.74 Å². The van der Waals surface area contributed by atoms with Crippen molar-refractivity contribution in [2.24, 2.45) is 5.92 Å². The second-order valence-electron chi connectivity index (χ2n) is 4.82. The summed E-state index contributed by atoms with van der Waals surface area (Å²) >= 11 is 6.17. The van der Waals surface area contributed by atoms with Gasteiger partial charge in [-0.25, -0.2) is 4.39 Å². The Hall–Kier alpha value is -0.640. The molecule has 19 heavy (non-hydrogen) atoms. The lowest BCUT2D eigenvalue weighted by atomic mass is 9.85. The van der Waals surface area contributed by atoms with Gasteiger partial charge >= 0.3 is 0 Å². The first-order chi connectivity index (χ1) is 9.11. The van der Waals surface area contributed by atoms with Gasteiger partial charge in [-0.15, -0.1) is 0 Å². The van der Waals surface area contributed by atoms with E-state index in [1.807, 2.05) is 0 Å². The molecule has 2 nitrogen and oxygen atoms in total. The molecule has 1 aromatic carbocycles. The molecule has 1 aromatic rings. The molecule has 0 aromatic heterocycles. The number of halogens is 2. The molecule has 108 valence electrons. The maximum atomic E-state index is 14.0. The fourth-order valence-electron chi connectivity index (χ4n) is 2.17. The van der Waals surface area contributed by atoms with Crippen molar-refractivity contribution in [3.05, 3.63) is 34.6 Å². The van der Waals surface area contributed by atoms with Crippen LogP contribution in [0, 0.1) is 11.7 Å². The van der Waals surface area contributed by atoms with E-state index in [-0.39, 0.29) is 11.7 Å². The molecule has 0 aliphatic rings. The molecule has 0 saturated carbocycles. The summed E-state index contributed by atoms with van der Waals surface area (Å²) in [5.74, 6) is 0.228. The van der Waals surface area contributed by atoms with Gasteiger partial charge in [-0.1, -0.05) is 37.9 Å². The van der Waals surface area contributed by atoms with Crippen LogP contribution in [0.1, 0.15) is 31.7 Å². The van der Waals surface area contributed by atoms with E-state index < -0.39 is 0 Å². The molecule has 2 unspecified atom stereocenters. The Kier molecular flexibility index (Phi) is 7.36. The molecule has 0 heterocycles. The number of ether oxygens (including phenoxy) is 1. The Bertz CT molecular complexity index is 366. The maximum absolute atomic E-state index is 14.0. The Balaban J connectivity index is 2.84. The largest absolute Gasteiger partial charge is 0.383 e. The number of nitrogens with one attached hydrogen (secondary N) is 1. The number of methoxy groups -OCH3 is 1. The van der Waals surface area contributed by atoms with Crippen LogP contribution in [0.3, 0.4) is 0 Å². The SMILES string of the molecule is CCC(C)C(CNCCOC)c1c(F)cccc1Cl. The van der Waals surface area contributed by atoms with Gasteiger partial charge in [0.05, 0.1) is 6.61 Å². The molecule has 1 rings (SSSR count). The van der Waals surface area contributed by atoms with E-state index in [9.17, 15) is 4.39 Å². The average Bonchev–Trinajstić information content (AvgIpc) is 2.40. The third-order valence-electron chi connectivity index (χ3n) is 3.55. The van der Waals surface area contributed by atoms with Gasteiger partial charge in [0.1, 0.15) is 5.82 Å². The molecule has 0 aliphatic carbocycles. The van der Waals surface area contributed by atoms with Crippen molar-refractivity contribution in [3.8, 4) is 0 Å². The van der Waals surface area contributed by atoms with Gasteiger partial charge in [-0.05, 0) is 18.1 Å². The smallest absolute Gasteiger partial charge is 0.128 e. The zero-order chi connectivity index (χ0) is 14.3. The Morgan fingerprint density at radius 2 is 2.16 bits per heavy atom. The predicted molar refractivity (Wildman–Crippen MR) is 78.4 cm³/mol. The van der Waals surface area contributed by atoms with E-state index in [0.717, 1.165) is 13.0 Å². The summed E-state index contributed by atoms with van der Waals surface area (Å²) in [5.41, 5.74) is 0.628. The van der Waals surface area contributed by atoms with E-state index in [0.29, 0.717) is 29.7 Å². The topological polar surface area (TPSA) is 21.3 Å². The zero-order valence-corrected chi connectivity index (χ0v) is 12.6. The number of benzene rings is 1. The highest BCUT2D eigenvalue weighted by atomic mass is 35.5. The molecule has 0 bridgehead atoms. The minimum absolute atomic E-state index is 0.0792. The maximum Gasteiger partial charge on any atom is 0.128 e. The third kappa shape index (κ3) is 4.75. The Morgan fingerprint density at radius 3 is 2.74 bits per heavy atom. The molecule has 0 spiro atoms. The normalized spacial score (nSPS) is 14.4. The standard InChI is InChI=1S/C15H23ClFNO/c1-4-11(2)12(10-18-8-9-19-3)15-13(16)6-5-7-14(15)17/h5-7,11-12,18H,4,8-10H2,1-3H3. The van der Waals surface area contributed by atoms with Crippen LogP contribution in [-0.4, -0.2) is 26.8 Å². The van der Waals surface area contributed by atoms with E-state index >= 15 is 0 Å². The molecular formula is C15H23ClFNO. The van der Waals surface area contributed by atoms with Crippen molar-refractivity contribution < 1.29 is 9.13 Å². The number of rotatable bonds is 8. The molecule has 0 radical (unpaired) electrons. The van der Waals surface area contributed by atoms with Crippen molar-refractivity contribution >= 4 is 11.6 Å². The van der Waals surface area contributed by atoms with Crippen molar-refractivity contribution in [1.29, 1.82) is 0 Å². The molecule has 0 fully saturated rings. The van der Waals surface area contributed by atoms with Crippen LogP contribution >= 0.6 is 11.6 Å². The molecule has 0 saturated heterocycles. The monoisotopic (exact) mass is 287 g/mol. The van der Waals surface area contributed by atoms with Crippen molar-refractivity contribution in [2.45, 2.75) is 26.2 Å². The first-order valence-electron chi connectivity index (χ1n) is 6.75. The second kappa shape index (κ2) is 8.51. The summed E-state index contributed by atoms with van der Waals surface area (Å²) in [7, 11) is 1.67.